The van der Waals surface area contributed by atoms with Crippen molar-refractivity contribution in [3.05, 3.63) is 90.5 Å². The summed E-state index contributed by atoms with van der Waals surface area (Å²) >= 11 is 0. The molecule has 0 aromatic heterocycles. The van der Waals surface area contributed by atoms with Gasteiger partial charge in [-0.25, -0.2) is 8.42 Å². The van der Waals surface area contributed by atoms with E-state index in [1.165, 1.54) is 13.0 Å². The van der Waals surface area contributed by atoms with E-state index in [9.17, 15) is 18.3 Å². The van der Waals surface area contributed by atoms with Crippen molar-refractivity contribution in [2.45, 2.75) is 30.4 Å². The lowest BCUT2D eigenvalue weighted by Gasteiger charge is -2.35. The van der Waals surface area contributed by atoms with Gasteiger partial charge in [-0.3, -0.25) is 4.79 Å². The Morgan fingerprint density at radius 3 is 2.29 bits per heavy atom. The summed E-state index contributed by atoms with van der Waals surface area (Å²) in [6.07, 6.45) is 3.52. The molecule has 28 heavy (non-hydrogen) atoms. The molecule has 2 aromatic rings. The average Bonchev–Trinajstić information content (AvgIpc) is 2.68. The lowest BCUT2D eigenvalue weighted by molar-refractivity contribution is -0.143. The highest BCUT2D eigenvalue weighted by molar-refractivity contribution is 7.92. The van der Waals surface area contributed by atoms with Crippen LogP contribution in [0.5, 0.6) is 0 Å². The van der Waals surface area contributed by atoms with Gasteiger partial charge in [0.05, 0.1) is 11.0 Å². The molecular formula is C23H26O4S. The Hall–Kier alpha value is -2.66. The number of benzene rings is 2. The summed E-state index contributed by atoms with van der Waals surface area (Å²) in [5.41, 5.74) is 0.404. The van der Waals surface area contributed by atoms with Crippen molar-refractivity contribution in [3.8, 4) is 0 Å². The number of sulfone groups is 1. The Morgan fingerprint density at radius 2 is 1.71 bits per heavy atom. The van der Waals surface area contributed by atoms with Gasteiger partial charge in [-0.1, -0.05) is 73.3 Å². The molecule has 0 saturated heterocycles. The molecule has 5 heteroatoms. The number of aryl methyl sites for hydroxylation is 1. The van der Waals surface area contributed by atoms with E-state index >= 15 is 0 Å². The second-order valence-electron chi connectivity index (χ2n) is 6.93. The monoisotopic (exact) mass is 398 g/mol. The molecule has 0 aliphatic heterocycles. The van der Waals surface area contributed by atoms with Crippen molar-refractivity contribution < 1.29 is 18.3 Å². The fourth-order valence-electron chi connectivity index (χ4n) is 3.62. The van der Waals surface area contributed by atoms with Crippen LogP contribution in [0.3, 0.4) is 0 Å². The van der Waals surface area contributed by atoms with Crippen molar-refractivity contribution in [1.82, 2.24) is 0 Å². The van der Waals surface area contributed by atoms with Gasteiger partial charge in [0.2, 0.25) is 0 Å². The fraction of sp³-hybridized carbons (Fsp3) is 0.261. The molecule has 2 rings (SSSR count). The molecule has 0 bridgehead atoms. The predicted molar refractivity (Wildman–Crippen MR) is 114 cm³/mol. The lowest BCUT2D eigenvalue weighted by Crippen LogP contribution is -2.49. The first kappa shape index (κ1) is 21.6. The third-order valence-electron chi connectivity index (χ3n) is 5.15. The van der Waals surface area contributed by atoms with Crippen LogP contribution in [0.4, 0.5) is 0 Å². The van der Waals surface area contributed by atoms with E-state index in [2.05, 4.69) is 13.2 Å². The fourth-order valence-corrected chi connectivity index (χ4v) is 5.61. The normalized spacial score (nSPS) is 14.6. The summed E-state index contributed by atoms with van der Waals surface area (Å²) in [6, 6.07) is 16.4. The Kier molecular flexibility index (Phi) is 6.97. The van der Waals surface area contributed by atoms with Crippen LogP contribution in [-0.4, -0.2) is 30.5 Å². The van der Waals surface area contributed by atoms with Crippen molar-refractivity contribution in [1.29, 1.82) is 0 Å². The molecule has 0 amide bonds. The number of hydrogen-bond acceptors (Lipinski definition) is 3. The highest BCUT2D eigenvalue weighted by atomic mass is 32.2. The van der Waals surface area contributed by atoms with Crippen LogP contribution in [0.1, 0.15) is 30.0 Å². The minimum absolute atomic E-state index is 0.189. The average molecular weight is 399 g/mol. The maximum Gasteiger partial charge on any atom is 0.315 e. The van der Waals surface area contributed by atoms with Gasteiger partial charge < -0.3 is 5.11 Å². The lowest BCUT2D eigenvalue weighted by atomic mass is 9.75. The molecule has 4 nitrogen and oxygen atoms in total. The van der Waals surface area contributed by atoms with E-state index in [-0.39, 0.29) is 12.2 Å². The molecule has 0 aliphatic carbocycles. The van der Waals surface area contributed by atoms with Crippen molar-refractivity contribution in [2.24, 2.45) is 0 Å². The van der Waals surface area contributed by atoms with Crippen LogP contribution >= 0.6 is 0 Å². The Labute approximate surface area is 167 Å². The second kappa shape index (κ2) is 9.02. The quantitative estimate of drug-likeness (QED) is 0.607. The first-order valence-corrected chi connectivity index (χ1v) is 10.8. The Morgan fingerprint density at radius 1 is 1.11 bits per heavy atom. The summed E-state index contributed by atoms with van der Waals surface area (Å²) in [6.45, 7) is 8.79. The molecule has 2 aromatic carbocycles. The van der Waals surface area contributed by atoms with Crippen LogP contribution < -0.4 is 0 Å². The zero-order valence-electron chi connectivity index (χ0n) is 16.0. The minimum Gasteiger partial charge on any atom is -0.481 e. The van der Waals surface area contributed by atoms with Gasteiger partial charge in [0.25, 0.3) is 0 Å². The molecule has 0 radical (unpaired) electrons. The SMILES string of the molecule is C=CCS(=O)(=O)C(CCc1ccccc1)C(C)(C(=O)O)c1ccccc1C=C. The predicted octanol–water partition coefficient (Wildman–Crippen LogP) is 4.27. The molecule has 0 heterocycles. The van der Waals surface area contributed by atoms with E-state index in [4.69, 9.17) is 0 Å². The van der Waals surface area contributed by atoms with Gasteiger partial charge in [-0.2, -0.15) is 0 Å². The number of rotatable bonds is 10. The largest absolute Gasteiger partial charge is 0.481 e. The van der Waals surface area contributed by atoms with Crippen LogP contribution in [0.25, 0.3) is 6.08 Å². The summed E-state index contributed by atoms with van der Waals surface area (Å²) in [5, 5.41) is 9.07. The molecular weight excluding hydrogens is 372 g/mol. The van der Waals surface area contributed by atoms with Crippen molar-refractivity contribution >= 4 is 21.9 Å². The van der Waals surface area contributed by atoms with Crippen molar-refractivity contribution in [2.75, 3.05) is 5.75 Å². The van der Waals surface area contributed by atoms with Gasteiger partial charge in [0.1, 0.15) is 5.41 Å². The maximum absolute atomic E-state index is 13.1. The zero-order chi connectivity index (χ0) is 20.8. The van der Waals surface area contributed by atoms with Crippen LogP contribution in [-0.2, 0) is 26.5 Å². The topological polar surface area (TPSA) is 71.4 Å². The number of carboxylic acids is 1. The van der Waals surface area contributed by atoms with Gasteiger partial charge in [0.15, 0.2) is 9.84 Å². The summed E-state index contributed by atoms with van der Waals surface area (Å²) in [5.74, 6) is -1.45. The van der Waals surface area contributed by atoms with Gasteiger partial charge in [-0.05, 0) is 36.5 Å². The Balaban J connectivity index is 2.61. The zero-order valence-corrected chi connectivity index (χ0v) is 16.9. The summed E-state index contributed by atoms with van der Waals surface area (Å²) in [4.78, 5) is 12.5. The van der Waals surface area contributed by atoms with Gasteiger partial charge in [-0.15, -0.1) is 6.58 Å². The van der Waals surface area contributed by atoms with Crippen LogP contribution in [0.2, 0.25) is 0 Å². The number of hydrogen-bond donors (Lipinski definition) is 1. The van der Waals surface area contributed by atoms with E-state index < -0.39 is 26.5 Å². The number of carbonyl (C=O) groups is 1. The number of aliphatic carboxylic acids is 1. The van der Waals surface area contributed by atoms with Crippen LogP contribution in [0, 0.1) is 0 Å². The smallest absolute Gasteiger partial charge is 0.315 e. The standard InChI is InChI=1S/C23H26O4S/c1-4-17-28(26,27)21(16-15-18-11-7-6-8-12-18)23(3,22(24)25)20-14-10-9-13-19(20)5-2/h4-14,21H,1-2,15-17H2,3H3,(H,24,25). The van der Waals surface area contributed by atoms with E-state index in [0.29, 0.717) is 17.5 Å². The van der Waals surface area contributed by atoms with Gasteiger partial charge in [0, 0.05) is 0 Å². The third-order valence-corrected chi connectivity index (χ3v) is 7.42. The maximum atomic E-state index is 13.1. The first-order chi connectivity index (χ1) is 13.3. The number of carboxylic acid groups (broad SMARTS) is 1. The van der Waals surface area contributed by atoms with E-state index in [1.54, 1.807) is 30.3 Å². The molecule has 0 saturated carbocycles. The molecule has 1 N–H and O–H groups in total. The van der Waals surface area contributed by atoms with E-state index in [1.807, 2.05) is 30.3 Å². The molecule has 2 atom stereocenters. The highest BCUT2D eigenvalue weighted by Gasteiger charge is 2.49. The molecule has 0 aliphatic rings. The van der Waals surface area contributed by atoms with E-state index in [0.717, 1.165) is 5.56 Å². The second-order valence-corrected chi connectivity index (χ2v) is 9.16. The van der Waals surface area contributed by atoms with Gasteiger partial charge >= 0.3 is 5.97 Å². The minimum atomic E-state index is -3.75. The third kappa shape index (κ3) is 4.42. The van der Waals surface area contributed by atoms with Crippen molar-refractivity contribution in [3.63, 3.8) is 0 Å². The van der Waals surface area contributed by atoms with Crippen LogP contribution in [0.15, 0.2) is 73.8 Å². The summed E-state index contributed by atoms with van der Waals surface area (Å²) < 4.78 is 26.2. The molecule has 0 spiro atoms. The first-order valence-electron chi connectivity index (χ1n) is 9.09. The molecule has 2 unspecified atom stereocenters. The molecule has 148 valence electrons. The Bertz CT molecular complexity index is 948. The molecule has 0 fully saturated rings. The summed E-state index contributed by atoms with van der Waals surface area (Å²) in [7, 11) is -3.75. The highest BCUT2D eigenvalue weighted by Crippen LogP contribution is 2.37.